The van der Waals surface area contributed by atoms with Gasteiger partial charge in [0.15, 0.2) is 5.43 Å². The molecule has 0 saturated carbocycles. The van der Waals surface area contributed by atoms with Gasteiger partial charge in [-0.05, 0) is 49.8 Å². The highest BCUT2D eigenvalue weighted by Gasteiger charge is 2.14. The van der Waals surface area contributed by atoms with Crippen molar-refractivity contribution in [3.8, 4) is 0 Å². The second-order valence-corrected chi connectivity index (χ2v) is 7.80. The Morgan fingerprint density at radius 2 is 1.85 bits per heavy atom. The second kappa shape index (κ2) is 7.92. The molecule has 0 aliphatic heterocycles. The summed E-state index contributed by atoms with van der Waals surface area (Å²) in [6.07, 6.45) is 0. The van der Waals surface area contributed by atoms with Crippen molar-refractivity contribution in [2.75, 3.05) is 31.2 Å². The van der Waals surface area contributed by atoms with Crippen LogP contribution >= 0.6 is 22.9 Å². The lowest BCUT2D eigenvalue weighted by Crippen LogP contribution is -2.32. The van der Waals surface area contributed by atoms with Gasteiger partial charge in [-0.3, -0.25) is 4.79 Å². The largest absolute Gasteiger partial charge is 0.758 e. The van der Waals surface area contributed by atoms with Gasteiger partial charge in [-0.15, -0.1) is 11.3 Å². The maximum Gasteiger partial charge on any atom is 0.197 e. The summed E-state index contributed by atoms with van der Waals surface area (Å²) in [7, 11) is 0. The van der Waals surface area contributed by atoms with E-state index in [-0.39, 0.29) is 5.43 Å². The van der Waals surface area contributed by atoms with Crippen LogP contribution in [-0.4, -0.2) is 31.1 Å². The molecule has 138 valence electrons. The quantitative estimate of drug-likeness (QED) is 0.438. The third kappa shape index (κ3) is 3.58. The van der Waals surface area contributed by atoms with E-state index >= 15 is 0 Å². The Balaban J connectivity index is 2.13. The highest BCUT2D eigenvalue weighted by atomic mass is 35.5. The van der Waals surface area contributed by atoms with Crippen molar-refractivity contribution in [1.29, 1.82) is 0 Å². The van der Waals surface area contributed by atoms with Gasteiger partial charge in [0.2, 0.25) is 0 Å². The number of fused-ring (bicyclic) bond motifs is 2. The molecule has 0 aliphatic rings. The molecule has 0 spiro atoms. The van der Waals surface area contributed by atoms with Gasteiger partial charge in [0.1, 0.15) is 0 Å². The van der Waals surface area contributed by atoms with Crippen LogP contribution in [0.4, 0.5) is 5.69 Å². The number of hydrogen-bond donors (Lipinski definition) is 0. The molecule has 0 radical (unpaired) electrons. The maximum atomic E-state index is 13.1. The highest BCUT2D eigenvalue weighted by molar-refractivity contribution is 7.24. The molecule has 3 rings (SSSR count). The molecule has 0 fully saturated rings. The third-order valence-electron chi connectivity index (χ3n) is 4.74. The molecule has 0 N–H and O–H groups in total. The van der Waals surface area contributed by atoms with Crippen molar-refractivity contribution in [2.45, 2.75) is 20.8 Å². The van der Waals surface area contributed by atoms with Gasteiger partial charge in [-0.2, -0.15) is 0 Å². The standard InChI is InChI=1S/C20H22ClN2O2S/c1-4-22(5-2)10-11-23(25)16-9-6-13(3)20-18(16)19(24)15-8-7-14(21)12-17(15)26-20/h6-9,12H,4-5,10-11H2,1-3H3/q-1. The number of likely N-dealkylation sites (N-methyl/N-ethyl adjacent to an activating group) is 1. The Kier molecular flexibility index (Phi) is 5.82. The molecule has 4 nitrogen and oxygen atoms in total. The fourth-order valence-electron chi connectivity index (χ4n) is 3.14. The number of benzene rings is 2. The number of nitrogens with zero attached hydrogens (tertiary/aromatic N) is 2. The van der Waals surface area contributed by atoms with Gasteiger partial charge < -0.3 is 15.2 Å². The minimum atomic E-state index is -0.104. The predicted octanol–water partition coefficient (Wildman–Crippen LogP) is 5.02. The van der Waals surface area contributed by atoms with Gasteiger partial charge >= 0.3 is 0 Å². The minimum absolute atomic E-state index is 0.104. The summed E-state index contributed by atoms with van der Waals surface area (Å²) in [6, 6.07) is 8.95. The first-order valence-electron chi connectivity index (χ1n) is 8.79. The molecule has 0 amide bonds. The zero-order valence-corrected chi connectivity index (χ0v) is 16.8. The van der Waals surface area contributed by atoms with Gasteiger partial charge in [0.25, 0.3) is 0 Å². The van der Waals surface area contributed by atoms with E-state index in [4.69, 9.17) is 11.6 Å². The Bertz CT molecular complexity index is 998. The molecule has 6 heteroatoms. The lowest BCUT2D eigenvalue weighted by atomic mass is 10.1. The highest BCUT2D eigenvalue weighted by Crippen LogP contribution is 2.34. The fourth-order valence-corrected chi connectivity index (χ4v) is 4.58. The van der Waals surface area contributed by atoms with Crippen LogP contribution in [0, 0.1) is 12.1 Å². The summed E-state index contributed by atoms with van der Waals surface area (Å²) in [5.41, 5.74) is 1.34. The molecule has 0 aliphatic carbocycles. The number of hydroxylamine groups is 1. The number of hydrogen-bond acceptors (Lipinski definition) is 5. The second-order valence-electron chi connectivity index (χ2n) is 6.31. The van der Waals surface area contributed by atoms with Crippen molar-refractivity contribution in [2.24, 2.45) is 0 Å². The summed E-state index contributed by atoms with van der Waals surface area (Å²) in [5, 5.41) is 15.5. The van der Waals surface area contributed by atoms with E-state index in [0.29, 0.717) is 34.6 Å². The average Bonchev–Trinajstić information content (AvgIpc) is 2.63. The predicted molar refractivity (Wildman–Crippen MR) is 114 cm³/mol. The zero-order chi connectivity index (χ0) is 18.8. The summed E-state index contributed by atoms with van der Waals surface area (Å²) in [5.74, 6) is 0. The lowest BCUT2D eigenvalue weighted by molar-refractivity contribution is 0.312. The van der Waals surface area contributed by atoms with E-state index in [0.717, 1.165) is 33.1 Å². The van der Waals surface area contributed by atoms with E-state index in [1.807, 2.05) is 19.1 Å². The SMILES string of the molecule is CCN(CC)CCN([O-])c1ccc(C)c2sc3cc(Cl)ccc3c(=O)c12. The Morgan fingerprint density at radius 1 is 1.12 bits per heavy atom. The zero-order valence-electron chi connectivity index (χ0n) is 15.2. The van der Waals surface area contributed by atoms with E-state index in [2.05, 4.69) is 18.7 Å². The van der Waals surface area contributed by atoms with Crippen molar-refractivity contribution >= 4 is 48.8 Å². The number of aryl methyl sites for hydroxylation is 1. The molecule has 2 aromatic carbocycles. The summed E-state index contributed by atoms with van der Waals surface area (Å²) >= 11 is 7.59. The first-order chi connectivity index (χ1) is 12.5. The van der Waals surface area contributed by atoms with Gasteiger partial charge in [-0.25, -0.2) is 0 Å². The summed E-state index contributed by atoms with van der Waals surface area (Å²) in [4.78, 5) is 15.3. The van der Waals surface area contributed by atoms with Gasteiger partial charge in [-0.1, -0.05) is 31.5 Å². The Labute approximate surface area is 162 Å². The molecule has 1 aromatic heterocycles. The van der Waals surface area contributed by atoms with Crippen LogP contribution in [0.1, 0.15) is 19.4 Å². The number of halogens is 1. The third-order valence-corrected chi connectivity index (χ3v) is 6.27. The smallest absolute Gasteiger partial charge is 0.197 e. The molecule has 0 atom stereocenters. The molecule has 3 aromatic rings. The Morgan fingerprint density at radius 3 is 2.54 bits per heavy atom. The molecule has 26 heavy (non-hydrogen) atoms. The Hall–Kier alpha value is -1.66. The van der Waals surface area contributed by atoms with Crippen LogP contribution in [0.2, 0.25) is 5.02 Å². The molecule has 1 heterocycles. The fraction of sp³-hybridized carbons (Fsp3) is 0.350. The van der Waals surface area contributed by atoms with Crippen molar-refractivity contribution in [3.05, 3.63) is 56.3 Å². The van der Waals surface area contributed by atoms with Gasteiger partial charge in [0, 0.05) is 38.6 Å². The van der Waals surface area contributed by atoms with E-state index in [1.54, 1.807) is 18.2 Å². The van der Waals surface area contributed by atoms with Crippen molar-refractivity contribution in [3.63, 3.8) is 0 Å². The van der Waals surface area contributed by atoms with E-state index in [1.165, 1.54) is 11.3 Å². The summed E-state index contributed by atoms with van der Waals surface area (Å²) in [6.45, 7) is 8.93. The summed E-state index contributed by atoms with van der Waals surface area (Å²) < 4.78 is 1.70. The molecular weight excluding hydrogens is 368 g/mol. The first-order valence-corrected chi connectivity index (χ1v) is 9.98. The van der Waals surface area contributed by atoms with Crippen LogP contribution < -0.4 is 10.5 Å². The number of anilines is 1. The average molecular weight is 390 g/mol. The molecule has 0 saturated heterocycles. The van der Waals surface area contributed by atoms with Crippen LogP contribution in [-0.2, 0) is 0 Å². The minimum Gasteiger partial charge on any atom is -0.758 e. The van der Waals surface area contributed by atoms with Crippen LogP contribution in [0.25, 0.3) is 20.2 Å². The lowest BCUT2D eigenvalue weighted by Gasteiger charge is -2.34. The van der Waals surface area contributed by atoms with E-state index in [9.17, 15) is 10.0 Å². The molecular formula is C20H22ClN2O2S-. The first kappa shape index (κ1) is 19.1. The molecule has 0 unspecified atom stereocenters. The normalized spacial score (nSPS) is 11.6. The van der Waals surface area contributed by atoms with Crippen molar-refractivity contribution < 1.29 is 0 Å². The van der Waals surface area contributed by atoms with E-state index < -0.39 is 0 Å². The van der Waals surface area contributed by atoms with Crippen LogP contribution in [0.5, 0.6) is 0 Å². The van der Waals surface area contributed by atoms with Gasteiger partial charge in [0.05, 0.1) is 5.39 Å². The topological polar surface area (TPSA) is 46.6 Å². The van der Waals surface area contributed by atoms with Crippen molar-refractivity contribution in [1.82, 2.24) is 4.90 Å². The molecule has 0 bridgehead atoms. The van der Waals surface area contributed by atoms with Crippen LogP contribution in [0.3, 0.4) is 0 Å². The number of rotatable bonds is 6. The van der Waals surface area contributed by atoms with Crippen LogP contribution in [0.15, 0.2) is 35.1 Å². The maximum absolute atomic E-state index is 13.1. The monoisotopic (exact) mass is 389 g/mol.